The van der Waals surface area contributed by atoms with E-state index in [1.54, 1.807) is 6.20 Å². The summed E-state index contributed by atoms with van der Waals surface area (Å²) in [6.45, 7) is 4.28. The van der Waals surface area contributed by atoms with Crippen LogP contribution in [0.4, 0.5) is 11.4 Å². The van der Waals surface area contributed by atoms with Gasteiger partial charge in [-0.05, 0) is 37.1 Å². The fourth-order valence-corrected chi connectivity index (χ4v) is 2.66. The van der Waals surface area contributed by atoms with Gasteiger partial charge in [0.05, 0.1) is 17.7 Å². The fourth-order valence-electron chi connectivity index (χ4n) is 2.66. The smallest absolute Gasteiger partial charge is 0.243 e. The third kappa shape index (κ3) is 3.31. The minimum absolute atomic E-state index is 0.0918. The topological polar surface area (TPSA) is 54.0 Å². The van der Waals surface area contributed by atoms with Crippen molar-refractivity contribution in [2.24, 2.45) is 0 Å². The SMILES string of the molecule is Cc1cccc(C)c1NCC(=O)Nc1cccc2cccnc12. The number of rotatable bonds is 4. The van der Waals surface area contributed by atoms with Crippen molar-refractivity contribution < 1.29 is 4.79 Å². The molecule has 0 saturated carbocycles. The van der Waals surface area contributed by atoms with E-state index in [2.05, 4.69) is 15.6 Å². The second-order valence-corrected chi connectivity index (χ2v) is 5.55. The molecule has 0 spiro atoms. The summed E-state index contributed by atoms with van der Waals surface area (Å²) >= 11 is 0. The Kier molecular flexibility index (Phi) is 4.24. The first-order chi connectivity index (χ1) is 11.1. The van der Waals surface area contributed by atoms with Crippen LogP contribution < -0.4 is 10.6 Å². The number of hydrogen-bond acceptors (Lipinski definition) is 3. The van der Waals surface area contributed by atoms with E-state index in [-0.39, 0.29) is 12.5 Å². The molecular formula is C19H19N3O. The number of para-hydroxylation sites is 2. The quantitative estimate of drug-likeness (QED) is 0.768. The molecule has 0 saturated heterocycles. The highest BCUT2D eigenvalue weighted by atomic mass is 16.1. The van der Waals surface area contributed by atoms with Gasteiger partial charge in [-0.15, -0.1) is 0 Å². The number of carbonyl (C=O) groups excluding carboxylic acids is 1. The monoisotopic (exact) mass is 305 g/mol. The number of benzene rings is 2. The van der Waals surface area contributed by atoms with Crippen LogP contribution >= 0.6 is 0 Å². The van der Waals surface area contributed by atoms with Crippen LogP contribution in [0.1, 0.15) is 11.1 Å². The Hall–Kier alpha value is -2.88. The number of amides is 1. The highest BCUT2D eigenvalue weighted by Crippen LogP contribution is 2.21. The van der Waals surface area contributed by atoms with Crippen LogP contribution in [0, 0.1) is 13.8 Å². The van der Waals surface area contributed by atoms with Crippen LogP contribution in [0.25, 0.3) is 10.9 Å². The van der Waals surface area contributed by atoms with Crippen molar-refractivity contribution in [1.82, 2.24) is 4.98 Å². The number of aryl methyl sites for hydroxylation is 2. The third-order valence-electron chi connectivity index (χ3n) is 3.81. The van der Waals surface area contributed by atoms with Gasteiger partial charge in [-0.2, -0.15) is 0 Å². The molecule has 0 bridgehead atoms. The van der Waals surface area contributed by atoms with E-state index >= 15 is 0 Å². The molecule has 0 aliphatic carbocycles. The molecule has 1 aromatic heterocycles. The Morgan fingerprint density at radius 1 is 1.00 bits per heavy atom. The van der Waals surface area contributed by atoms with Crippen LogP contribution in [-0.2, 0) is 4.79 Å². The van der Waals surface area contributed by atoms with Crippen molar-refractivity contribution in [3.63, 3.8) is 0 Å². The highest BCUT2D eigenvalue weighted by molar-refractivity contribution is 6.01. The van der Waals surface area contributed by atoms with Crippen molar-refractivity contribution in [3.05, 3.63) is 65.9 Å². The van der Waals surface area contributed by atoms with Crippen molar-refractivity contribution in [3.8, 4) is 0 Å². The van der Waals surface area contributed by atoms with Crippen LogP contribution in [0.2, 0.25) is 0 Å². The van der Waals surface area contributed by atoms with Crippen LogP contribution in [-0.4, -0.2) is 17.4 Å². The molecule has 2 N–H and O–H groups in total. The van der Waals surface area contributed by atoms with Gasteiger partial charge >= 0.3 is 0 Å². The summed E-state index contributed by atoms with van der Waals surface area (Å²) in [6.07, 6.45) is 1.73. The van der Waals surface area contributed by atoms with Crippen LogP contribution in [0.15, 0.2) is 54.7 Å². The number of fused-ring (bicyclic) bond motifs is 1. The lowest BCUT2D eigenvalue weighted by Gasteiger charge is -2.13. The van der Waals surface area contributed by atoms with E-state index in [4.69, 9.17) is 0 Å². The second-order valence-electron chi connectivity index (χ2n) is 5.55. The maximum absolute atomic E-state index is 12.3. The summed E-state index contributed by atoms with van der Waals surface area (Å²) in [6, 6.07) is 15.7. The van der Waals surface area contributed by atoms with Crippen LogP contribution in [0.5, 0.6) is 0 Å². The Morgan fingerprint density at radius 2 is 1.70 bits per heavy atom. The van der Waals surface area contributed by atoms with Gasteiger partial charge in [0, 0.05) is 17.3 Å². The minimum Gasteiger partial charge on any atom is -0.376 e. The number of nitrogens with one attached hydrogen (secondary N) is 2. The molecule has 0 aliphatic heterocycles. The summed E-state index contributed by atoms with van der Waals surface area (Å²) in [7, 11) is 0. The molecule has 1 amide bonds. The van der Waals surface area contributed by atoms with Gasteiger partial charge in [-0.3, -0.25) is 9.78 Å². The summed E-state index contributed by atoms with van der Waals surface area (Å²) in [5.41, 5.74) is 4.81. The predicted molar refractivity (Wildman–Crippen MR) is 94.8 cm³/mol. The van der Waals surface area contributed by atoms with Gasteiger partial charge in [-0.25, -0.2) is 0 Å². The van der Waals surface area contributed by atoms with Crippen molar-refractivity contribution in [2.75, 3.05) is 17.2 Å². The molecular weight excluding hydrogens is 286 g/mol. The van der Waals surface area contributed by atoms with E-state index in [0.717, 1.165) is 33.4 Å². The number of hydrogen-bond donors (Lipinski definition) is 2. The van der Waals surface area contributed by atoms with Crippen molar-refractivity contribution in [1.29, 1.82) is 0 Å². The second kappa shape index (κ2) is 6.48. The molecule has 116 valence electrons. The standard InChI is InChI=1S/C19H19N3O/c1-13-6-3-7-14(2)18(13)21-12-17(23)22-16-10-4-8-15-9-5-11-20-19(15)16/h3-11,21H,12H2,1-2H3,(H,22,23). The van der Waals surface area contributed by atoms with Gasteiger partial charge in [0.2, 0.25) is 5.91 Å². The number of anilines is 2. The van der Waals surface area contributed by atoms with Gasteiger partial charge in [-0.1, -0.05) is 36.4 Å². The zero-order chi connectivity index (χ0) is 16.2. The Labute approximate surface area is 135 Å². The van der Waals surface area contributed by atoms with E-state index in [9.17, 15) is 4.79 Å². The summed E-state index contributed by atoms with van der Waals surface area (Å²) in [5.74, 6) is -0.0918. The zero-order valence-corrected chi connectivity index (χ0v) is 13.3. The molecule has 2 aromatic carbocycles. The molecule has 0 radical (unpaired) electrons. The van der Waals surface area contributed by atoms with Gasteiger partial charge < -0.3 is 10.6 Å². The minimum atomic E-state index is -0.0918. The normalized spacial score (nSPS) is 10.5. The van der Waals surface area contributed by atoms with Gasteiger partial charge in [0.1, 0.15) is 0 Å². The lowest BCUT2D eigenvalue weighted by atomic mass is 10.1. The predicted octanol–water partition coefficient (Wildman–Crippen LogP) is 3.90. The molecule has 0 aliphatic rings. The van der Waals surface area contributed by atoms with Crippen LogP contribution in [0.3, 0.4) is 0 Å². The first-order valence-corrected chi connectivity index (χ1v) is 7.59. The Balaban J connectivity index is 1.72. The number of aromatic nitrogens is 1. The molecule has 1 heterocycles. The lowest BCUT2D eigenvalue weighted by Crippen LogP contribution is -2.22. The first-order valence-electron chi connectivity index (χ1n) is 7.59. The van der Waals surface area contributed by atoms with E-state index in [1.165, 1.54) is 0 Å². The van der Waals surface area contributed by atoms with E-state index in [1.807, 2.05) is 62.4 Å². The molecule has 4 nitrogen and oxygen atoms in total. The third-order valence-corrected chi connectivity index (χ3v) is 3.81. The maximum atomic E-state index is 12.3. The first kappa shape index (κ1) is 15.0. The average Bonchev–Trinajstić information content (AvgIpc) is 2.55. The summed E-state index contributed by atoms with van der Waals surface area (Å²) in [5, 5.41) is 7.15. The summed E-state index contributed by atoms with van der Waals surface area (Å²) < 4.78 is 0. The number of nitrogens with zero attached hydrogens (tertiary/aromatic N) is 1. The Morgan fingerprint density at radius 3 is 2.48 bits per heavy atom. The fraction of sp³-hybridized carbons (Fsp3) is 0.158. The molecule has 0 unspecified atom stereocenters. The largest absolute Gasteiger partial charge is 0.376 e. The molecule has 4 heteroatoms. The average molecular weight is 305 g/mol. The molecule has 3 aromatic rings. The summed E-state index contributed by atoms with van der Waals surface area (Å²) in [4.78, 5) is 16.6. The van der Waals surface area contributed by atoms with Crippen molar-refractivity contribution in [2.45, 2.75) is 13.8 Å². The molecule has 0 atom stereocenters. The zero-order valence-electron chi connectivity index (χ0n) is 13.3. The van der Waals surface area contributed by atoms with Crippen molar-refractivity contribution >= 4 is 28.2 Å². The van der Waals surface area contributed by atoms with Gasteiger partial charge in [0.25, 0.3) is 0 Å². The number of carbonyl (C=O) groups is 1. The lowest BCUT2D eigenvalue weighted by molar-refractivity contribution is -0.114. The van der Waals surface area contributed by atoms with E-state index < -0.39 is 0 Å². The highest BCUT2D eigenvalue weighted by Gasteiger charge is 2.08. The number of pyridine rings is 1. The molecule has 0 fully saturated rings. The molecule has 23 heavy (non-hydrogen) atoms. The Bertz CT molecular complexity index is 833. The van der Waals surface area contributed by atoms with Gasteiger partial charge in [0.15, 0.2) is 0 Å². The maximum Gasteiger partial charge on any atom is 0.243 e. The van der Waals surface area contributed by atoms with E-state index in [0.29, 0.717) is 0 Å². The molecule has 3 rings (SSSR count).